The molecule has 0 aromatic rings. The van der Waals surface area contributed by atoms with Gasteiger partial charge >= 0.3 is 5.97 Å². The fourth-order valence-corrected chi connectivity index (χ4v) is 2.64. The van der Waals surface area contributed by atoms with Gasteiger partial charge in [-0.2, -0.15) is 0 Å². The average molecular weight is 270 g/mol. The van der Waals surface area contributed by atoms with Crippen molar-refractivity contribution in [3.05, 3.63) is 0 Å². The molecule has 0 saturated carbocycles. The summed E-state index contributed by atoms with van der Waals surface area (Å²) in [6.07, 6.45) is 1.62. The van der Waals surface area contributed by atoms with Crippen molar-refractivity contribution in [2.75, 3.05) is 33.3 Å². The predicted molar refractivity (Wildman–Crippen MR) is 78.1 cm³/mol. The first kappa shape index (κ1) is 16.4. The highest BCUT2D eigenvalue weighted by atomic mass is 16.5. The van der Waals surface area contributed by atoms with Gasteiger partial charge in [0.25, 0.3) is 0 Å². The number of ether oxygens (including phenoxy) is 1. The minimum absolute atomic E-state index is 0.0580. The molecule has 0 spiro atoms. The van der Waals surface area contributed by atoms with Crippen LogP contribution in [0.2, 0.25) is 0 Å². The van der Waals surface area contributed by atoms with E-state index < -0.39 is 0 Å². The lowest BCUT2D eigenvalue weighted by atomic mass is 9.90. The van der Waals surface area contributed by atoms with Gasteiger partial charge in [0.15, 0.2) is 0 Å². The van der Waals surface area contributed by atoms with Gasteiger partial charge in [-0.1, -0.05) is 20.8 Å². The maximum Gasteiger partial charge on any atom is 0.306 e. The maximum atomic E-state index is 11.6. The van der Waals surface area contributed by atoms with Gasteiger partial charge in [-0.3, -0.25) is 4.79 Å². The Morgan fingerprint density at radius 1 is 1.37 bits per heavy atom. The zero-order chi connectivity index (χ0) is 14.5. The van der Waals surface area contributed by atoms with Gasteiger partial charge < -0.3 is 15.0 Å². The number of carbonyl (C=O) groups is 1. The summed E-state index contributed by atoms with van der Waals surface area (Å²) in [6.45, 7) is 12.1. The van der Waals surface area contributed by atoms with E-state index in [1.54, 1.807) is 0 Å². The van der Waals surface area contributed by atoms with Crippen LogP contribution in [0.1, 0.15) is 40.5 Å². The van der Waals surface area contributed by atoms with E-state index in [-0.39, 0.29) is 5.97 Å². The Morgan fingerprint density at radius 2 is 2.05 bits per heavy atom. The second-order valence-corrected chi connectivity index (χ2v) is 6.97. The number of piperidine rings is 1. The molecule has 1 fully saturated rings. The predicted octanol–water partition coefficient (Wildman–Crippen LogP) is 1.90. The van der Waals surface area contributed by atoms with Crippen molar-refractivity contribution >= 4 is 5.97 Å². The highest BCUT2D eigenvalue weighted by molar-refractivity contribution is 5.69. The first-order valence-electron chi connectivity index (χ1n) is 7.37. The van der Waals surface area contributed by atoms with Crippen molar-refractivity contribution in [3.63, 3.8) is 0 Å². The van der Waals surface area contributed by atoms with Crippen molar-refractivity contribution in [3.8, 4) is 0 Å². The minimum Gasteiger partial charge on any atom is -0.466 e. The fourth-order valence-electron chi connectivity index (χ4n) is 2.64. The summed E-state index contributed by atoms with van der Waals surface area (Å²) in [5.41, 5.74) is 0.298. The molecule has 4 nitrogen and oxygen atoms in total. The molecule has 1 N–H and O–H groups in total. The molecule has 2 unspecified atom stereocenters. The molecule has 0 amide bonds. The number of hydrogen-bond acceptors (Lipinski definition) is 4. The molecule has 19 heavy (non-hydrogen) atoms. The van der Waals surface area contributed by atoms with Crippen LogP contribution in [0.4, 0.5) is 0 Å². The number of hydrogen-bond donors (Lipinski definition) is 1. The fraction of sp³-hybridized carbons (Fsp3) is 0.933. The quantitative estimate of drug-likeness (QED) is 0.775. The third-order valence-electron chi connectivity index (χ3n) is 3.40. The second kappa shape index (κ2) is 7.25. The molecule has 112 valence electrons. The average Bonchev–Trinajstić information content (AvgIpc) is 2.25. The van der Waals surface area contributed by atoms with Gasteiger partial charge in [-0.05, 0) is 31.7 Å². The molecular formula is C15H30N2O2. The SMILES string of the molecule is CCOC(=O)CC1CC(NCC(C)(C)C)CN(C)C1. The number of nitrogens with zero attached hydrogens (tertiary/aromatic N) is 1. The Kier molecular flexibility index (Phi) is 6.27. The van der Waals surface area contributed by atoms with Crippen LogP contribution in [0.3, 0.4) is 0 Å². The number of nitrogens with one attached hydrogen (secondary N) is 1. The highest BCUT2D eigenvalue weighted by Gasteiger charge is 2.27. The molecule has 1 heterocycles. The van der Waals surface area contributed by atoms with E-state index in [0.29, 0.717) is 30.4 Å². The summed E-state index contributed by atoms with van der Waals surface area (Å²) in [5, 5.41) is 3.63. The van der Waals surface area contributed by atoms with Crippen LogP contribution in [-0.2, 0) is 9.53 Å². The Morgan fingerprint density at radius 3 is 2.63 bits per heavy atom. The summed E-state index contributed by atoms with van der Waals surface area (Å²) in [5.74, 6) is 0.354. The minimum atomic E-state index is -0.0580. The largest absolute Gasteiger partial charge is 0.466 e. The number of likely N-dealkylation sites (N-methyl/N-ethyl adjacent to an activating group) is 1. The molecule has 4 heteroatoms. The van der Waals surface area contributed by atoms with E-state index in [4.69, 9.17) is 4.74 Å². The normalized spacial score (nSPS) is 25.3. The van der Waals surface area contributed by atoms with Crippen LogP contribution in [0.15, 0.2) is 0 Å². The highest BCUT2D eigenvalue weighted by Crippen LogP contribution is 2.21. The summed E-state index contributed by atoms with van der Waals surface area (Å²) in [4.78, 5) is 13.9. The van der Waals surface area contributed by atoms with Crippen LogP contribution in [0.5, 0.6) is 0 Å². The lowest BCUT2D eigenvalue weighted by Gasteiger charge is -2.37. The molecule has 2 atom stereocenters. The van der Waals surface area contributed by atoms with Gasteiger partial charge in [0, 0.05) is 32.1 Å². The molecule has 0 aromatic heterocycles. The molecule has 0 radical (unpaired) electrons. The molecular weight excluding hydrogens is 240 g/mol. The second-order valence-electron chi connectivity index (χ2n) is 6.97. The van der Waals surface area contributed by atoms with E-state index >= 15 is 0 Å². The summed E-state index contributed by atoms with van der Waals surface area (Å²) >= 11 is 0. The van der Waals surface area contributed by atoms with Crippen molar-refractivity contribution in [1.82, 2.24) is 10.2 Å². The molecule has 0 aromatic carbocycles. The van der Waals surface area contributed by atoms with Crippen molar-refractivity contribution in [2.45, 2.75) is 46.6 Å². The molecule has 1 aliphatic rings. The van der Waals surface area contributed by atoms with E-state index in [0.717, 1.165) is 26.1 Å². The van der Waals surface area contributed by atoms with Gasteiger partial charge in [0.1, 0.15) is 0 Å². The van der Waals surface area contributed by atoms with Crippen LogP contribution < -0.4 is 5.32 Å². The van der Waals surface area contributed by atoms with Gasteiger partial charge in [0.2, 0.25) is 0 Å². The number of likely N-dealkylation sites (tertiary alicyclic amines) is 1. The van der Waals surface area contributed by atoms with Crippen LogP contribution in [0, 0.1) is 11.3 Å². The maximum absolute atomic E-state index is 11.6. The lowest BCUT2D eigenvalue weighted by Crippen LogP contribution is -2.49. The summed E-state index contributed by atoms with van der Waals surface area (Å²) in [7, 11) is 2.13. The Bertz CT molecular complexity index is 286. The first-order chi connectivity index (χ1) is 8.80. The van der Waals surface area contributed by atoms with Gasteiger partial charge in [-0.15, -0.1) is 0 Å². The number of esters is 1. The Balaban J connectivity index is 2.41. The molecule has 0 aliphatic carbocycles. The Hall–Kier alpha value is -0.610. The lowest BCUT2D eigenvalue weighted by molar-refractivity contribution is -0.144. The topological polar surface area (TPSA) is 41.6 Å². The van der Waals surface area contributed by atoms with Crippen molar-refractivity contribution in [2.24, 2.45) is 11.3 Å². The first-order valence-corrected chi connectivity index (χ1v) is 7.37. The van der Waals surface area contributed by atoms with Crippen LogP contribution in [-0.4, -0.2) is 50.2 Å². The third-order valence-corrected chi connectivity index (χ3v) is 3.40. The van der Waals surface area contributed by atoms with Gasteiger partial charge in [0.05, 0.1) is 6.61 Å². The number of rotatable bonds is 5. The van der Waals surface area contributed by atoms with Crippen molar-refractivity contribution < 1.29 is 9.53 Å². The van der Waals surface area contributed by atoms with E-state index in [1.807, 2.05) is 6.92 Å². The monoisotopic (exact) mass is 270 g/mol. The van der Waals surface area contributed by atoms with Gasteiger partial charge in [-0.25, -0.2) is 0 Å². The zero-order valence-electron chi connectivity index (χ0n) is 13.2. The molecule has 1 rings (SSSR count). The molecule has 1 aliphatic heterocycles. The van der Waals surface area contributed by atoms with E-state index in [2.05, 4.69) is 38.0 Å². The number of carbonyl (C=O) groups excluding carboxylic acids is 1. The van der Waals surface area contributed by atoms with Crippen LogP contribution in [0.25, 0.3) is 0 Å². The smallest absolute Gasteiger partial charge is 0.306 e. The third kappa shape index (κ3) is 6.92. The van der Waals surface area contributed by atoms with E-state index in [9.17, 15) is 4.79 Å². The van der Waals surface area contributed by atoms with Crippen molar-refractivity contribution in [1.29, 1.82) is 0 Å². The summed E-state index contributed by atoms with van der Waals surface area (Å²) < 4.78 is 5.05. The zero-order valence-corrected chi connectivity index (χ0v) is 13.2. The van der Waals surface area contributed by atoms with Crippen LogP contribution >= 0.6 is 0 Å². The standard InChI is InChI=1S/C15H30N2O2/c1-6-19-14(18)8-12-7-13(10-17(5)9-12)16-11-15(2,3)4/h12-13,16H,6-11H2,1-5H3. The molecule has 0 bridgehead atoms. The Labute approximate surface area is 117 Å². The molecule has 1 saturated heterocycles. The summed E-state index contributed by atoms with van der Waals surface area (Å²) in [6, 6.07) is 0.484. The van der Waals surface area contributed by atoms with E-state index in [1.165, 1.54) is 0 Å².